The largest absolute Gasteiger partial charge is 0.477 e. The first kappa shape index (κ1) is 19.4. The zero-order valence-electron chi connectivity index (χ0n) is 15.2. The summed E-state index contributed by atoms with van der Waals surface area (Å²) in [6.07, 6.45) is 4.83. The molecule has 0 unspecified atom stereocenters. The van der Waals surface area contributed by atoms with Crippen molar-refractivity contribution in [2.75, 3.05) is 18.5 Å². The predicted molar refractivity (Wildman–Crippen MR) is 99.4 cm³/mol. The molecule has 0 radical (unpaired) electrons. The van der Waals surface area contributed by atoms with Gasteiger partial charge in [0.25, 0.3) is 5.91 Å². The second-order valence-corrected chi connectivity index (χ2v) is 5.71. The standard InChI is InChI=1S/C20H24N2O4/c1-3-5-7-15-9-11-16(12-10-15)22-18(23)14-26-20(24)17-8-6-13-21-19(17)25-4-2/h6,8-13H,3-5,7,14H2,1-2H3,(H,22,23). The van der Waals surface area contributed by atoms with Gasteiger partial charge in [0.15, 0.2) is 6.61 Å². The number of anilines is 1. The van der Waals surface area contributed by atoms with E-state index >= 15 is 0 Å². The smallest absolute Gasteiger partial charge is 0.344 e. The normalized spacial score (nSPS) is 10.2. The van der Waals surface area contributed by atoms with Crippen molar-refractivity contribution < 1.29 is 19.1 Å². The van der Waals surface area contributed by atoms with Crippen LogP contribution in [0.15, 0.2) is 42.6 Å². The number of nitrogens with zero attached hydrogens (tertiary/aromatic N) is 1. The molecule has 1 aromatic heterocycles. The van der Waals surface area contributed by atoms with Crippen molar-refractivity contribution in [1.82, 2.24) is 4.98 Å². The molecule has 2 aromatic rings. The van der Waals surface area contributed by atoms with Gasteiger partial charge in [-0.1, -0.05) is 25.5 Å². The third kappa shape index (κ3) is 5.88. The summed E-state index contributed by atoms with van der Waals surface area (Å²) < 4.78 is 10.3. The SMILES string of the molecule is CCCCc1ccc(NC(=O)COC(=O)c2cccnc2OCC)cc1. The van der Waals surface area contributed by atoms with Gasteiger partial charge in [0.05, 0.1) is 6.61 Å². The Morgan fingerprint density at radius 3 is 2.58 bits per heavy atom. The second-order valence-electron chi connectivity index (χ2n) is 5.71. The van der Waals surface area contributed by atoms with Gasteiger partial charge in [0.1, 0.15) is 5.56 Å². The highest BCUT2D eigenvalue weighted by atomic mass is 16.5. The molecule has 6 nitrogen and oxygen atoms in total. The summed E-state index contributed by atoms with van der Waals surface area (Å²) in [6.45, 7) is 3.95. The van der Waals surface area contributed by atoms with Crippen LogP contribution in [0.25, 0.3) is 0 Å². The molecule has 138 valence electrons. The van der Waals surface area contributed by atoms with E-state index in [1.54, 1.807) is 19.1 Å². The first-order chi connectivity index (χ1) is 12.6. The fourth-order valence-electron chi connectivity index (χ4n) is 2.34. The van der Waals surface area contributed by atoms with Crippen LogP contribution in [-0.2, 0) is 16.0 Å². The summed E-state index contributed by atoms with van der Waals surface area (Å²) >= 11 is 0. The Kier molecular flexibility index (Phi) is 7.61. The number of carbonyl (C=O) groups is 2. The number of aryl methyl sites for hydroxylation is 1. The Morgan fingerprint density at radius 1 is 1.12 bits per heavy atom. The molecule has 0 fully saturated rings. The van der Waals surface area contributed by atoms with Crippen LogP contribution in [0.1, 0.15) is 42.6 Å². The minimum absolute atomic E-state index is 0.197. The highest BCUT2D eigenvalue weighted by Gasteiger charge is 2.16. The molecule has 2 rings (SSSR count). The third-order valence-corrected chi connectivity index (χ3v) is 3.66. The molecule has 0 saturated carbocycles. The van der Waals surface area contributed by atoms with Gasteiger partial charge in [-0.3, -0.25) is 4.79 Å². The number of unbranched alkanes of at least 4 members (excludes halogenated alkanes) is 1. The first-order valence-corrected chi connectivity index (χ1v) is 8.77. The minimum Gasteiger partial charge on any atom is -0.477 e. The molecule has 1 aromatic carbocycles. The fraction of sp³-hybridized carbons (Fsp3) is 0.350. The Morgan fingerprint density at radius 2 is 1.88 bits per heavy atom. The number of pyridine rings is 1. The highest BCUT2D eigenvalue weighted by molar-refractivity contribution is 5.96. The maximum Gasteiger partial charge on any atom is 0.344 e. The molecule has 0 spiro atoms. The summed E-state index contributed by atoms with van der Waals surface area (Å²) in [5.74, 6) is -0.851. The van der Waals surface area contributed by atoms with Crippen LogP contribution in [0.2, 0.25) is 0 Å². The Bertz CT molecular complexity index is 729. The molecule has 26 heavy (non-hydrogen) atoms. The van der Waals surface area contributed by atoms with Crippen molar-refractivity contribution in [3.63, 3.8) is 0 Å². The summed E-state index contributed by atoms with van der Waals surface area (Å²) in [5, 5.41) is 2.71. The number of carbonyl (C=O) groups excluding carboxylic acids is 2. The lowest BCUT2D eigenvalue weighted by atomic mass is 10.1. The summed E-state index contributed by atoms with van der Waals surface area (Å²) in [4.78, 5) is 28.1. The lowest BCUT2D eigenvalue weighted by Gasteiger charge is -2.09. The molecule has 6 heteroatoms. The summed E-state index contributed by atoms with van der Waals surface area (Å²) in [6, 6.07) is 10.8. The van der Waals surface area contributed by atoms with Crippen molar-refractivity contribution in [2.24, 2.45) is 0 Å². The van der Waals surface area contributed by atoms with Crippen molar-refractivity contribution >= 4 is 17.6 Å². The van der Waals surface area contributed by atoms with Crippen LogP contribution in [-0.4, -0.2) is 30.1 Å². The van der Waals surface area contributed by atoms with E-state index in [1.165, 1.54) is 11.8 Å². The Balaban J connectivity index is 1.85. The lowest BCUT2D eigenvalue weighted by molar-refractivity contribution is -0.119. The van der Waals surface area contributed by atoms with Crippen LogP contribution in [0.5, 0.6) is 5.88 Å². The quantitative estimate of drug-likeness (QED) is 0.694. The molecule has 1 heterocycles. The highest BCUT2D eigenvalue weighted by Crippen LogP contribution is 2.16. The molecule has 0 atom stereocenters. The van der Waals surface area contributed by atoms with E-state index < -0.39 is 11.9 Å². The third-order valence-electron chi connectivity index (χ3n) is 3.66. The van der Waals surface area contributed by atoms with Crippen LogP contribution >= 0.6 is 0 Å². The number of ether oxygens (including phenoxy) is 2. The number of rotatable bonds is 9. The van der Waals surface area contributed by atoms with Crippen molar-refractivity contribution in [3.8, 4) is 5.88 Å². The zero-order chi connectivity index (χ0) is 18.8. The summed E-state index contributed by atoms with van der Waals surface area (Å²) in [5.41, 5.74) is 2.10. The Labute approximate surface area is 153 Å². The van der Waals surface area contributed by atoms with Crippen molar-refractivity contribution in [3.05, 3.63) is 53.7 Å². The van der Waals surface area contributed by atoms with E-state index in [-0.39, 0.29) is 18.1 Å². The number of benzene rings is 1. The molecule has 0 bridgehead atoms. The van der Waals surface area contributed by atoms with E-state index in [0.717, 1.165) is 19.3 Å². The van der Waals surface area contributed by atoms with Crippen molar-refractivity contribution in [1.29, 1.82) is 0 Å². The molecular formula is C20H24N2O4. The molecule has 0 aliphatic heterocycles. The number of amides is 1. The van der Waals surface area contributed by atoms with E-state index in [1.807, 2.05) is 24.3 Å². The van der Waals surface area contributed by atoms with E-state index in [2.05, 4.69) is 17.2 Å². The number of hydrogen-bond acceptors (Lipinski definition) is 5. The van der Waals surface area contributed by atoms with Gasteiger partial charge in [-0.05, 0) is 49.6 Å². The topological polar surface area (TPSA) is 77.5 Å². The molecule has 0 saturated heterocycles. The average molecular weight is 356 g/mol. The molecule has 0 aliphatic rings. The maximum atomic E-state index is 12.1. The molecular weight excluding hydrogens is 332 g/mol. The van der Waals surface area contributed by atoms with Crippen LogP contribution in [0.4, 0.5) is 5.69 Å². The van der Waals surface area contributed by atoms with Crippen molar-refractivity contribution in [2.45, 2.75) is 33.1 Å². The number of aromatic nitrogens is 1. The molecule has 0 aliphatic carbocycles. The van der Waals surface area contributed by atoms with Crippen LogP contribution in [0.3, 0.4) is 0 Å². The first-order valence-electron chi connectivity index (χ1n) is 8.77. The monoisotopic (exact) mass is 356 g/mol. The second kappa shape index (κ2) is 10.2. The minimum atomic E-state index is -0.647. The summed E-state index contributed by atoms with van der Waals surface area (Å²) in [7, 11) is 0. The predicted octanol–water partition coefficient (Wildman–Crippen LogP) is 3.62. The molecule has 1 N–H and O–H groups in total. The van der Waals surface area contributed by atoms with Crippen LogP contribution in [0, 0.1) is 0 Å². The Hall–Kier alpha value is -2.89. The number of esters is 1. The maximum absolute atomic E-state index is 12.1. The molecule has 1 amide bonds. The van der Waals surface area contributed by atoms with Gasteiger partial charge in [-0.2, -0.15) is 0 Å². The van der Waals surface area contributed by atoms with E-state index in [9.17, 15) is 9.59 Å². The van der Waals surface area contributed by atoms with Gasteiger partial charge in [-0.25, -0.2) is 9.78 Å². The van der Waals surface area contributed by atoms with Gasteiger partial charge < -0.3 is 14.8 Å². The van der Waals surface area contributed by atoms with Gasteiger partial charge in [-0.15, -0.1) is 0 Å². The average Bonchev–Trinajstić information content (AvgIpc) is 2.66. The fourth-order valence-corrected chi connectivity index (χ4v) is 2.34. The number of hydrogen-bond donors (Lipinski definition) is 1. The van der Waals surface area contributed by atoms with E-state index in [0.29, 0.717) is 12.3 Å². The van der Waals surface area contributed by atoms with Gasteiger partial charge in [0, 0.05) is 11.9 Å². The zero-order valence-corrected chi connectivity index (χ0v) is 15.2. The lowest BCUT2D eigenvalue weighted by Crippen LogP contribution is -2.21. The van der Waals surface area contributed by atoms with Gasteiger partial charge >= 0.3 is 5.97 Å². The van der Waals surface area contributed by atoms with E-state index in [4.69, 9.17) is 9.47 Å². The van der Waals surface area contributed by atoms with Crippen LogP contribution < -0.4 is 10.1 Å². The van der Waals surface area contributed by atoms with Gasteiger partial charge in [0.2, 0.25) is 5.88 Å². The number of nitrogens with one attached hydrogen (secondary N) is 1.